The fraction of sp³-hybridized carbons (Fsp3) is 0.706. The van der Waals surface area contributed by atoms with Crippen molar-refractivity contribution in [3.8, 4) is 0 Å². The third kappa shape index (κ3) is 4.66. The molecular weight excluding hydrogens is 268 g/mol. The summed E-state index contributed by atoms with van der Waals surface area (Å²) in [5, 5.41) is 0. The number of hydrogen-bond acceptors (Lipinski definition) is 2. The van der Waals surface area contributed by atoms with Crippen LogP contribution in [-0.4, -0.2) is 18.1 Å². The minimum Gasteiger partial charge on any atom is -0.357 e. The second kappa shape index (κ2) is 6.80. The van der Waals surface area contributed by atoms with E-state index in [9.17, 15) is 0 Å². The first-order valence-electron chi connectivity index (χ1n) is 7.45. The van der Waals surface area contributed by atoms with Crippen LogP contribution in [0.3, 0.4) is 0 Å². The number of rotatable bonds is 5. The van der Waals surface area contributed by atoms with Crippen LogP contribution in [0.25, 0.3) is 0 Å². The summed E-state index contributed by atoms with van der Waals surface area (Å²) in [4.78, 5) is 7.12. The van der Waals surface area contributed by atoms with Crippen molar-refractivity contribution in [3.05, 3.63) is 23.4 Å². The van der Waals surface area contributed by atoms with Gasteiger partial charge >= 0.3 is 0 Å². The molecular formula is C17H29ClN2. The van der Waals surface area contributed by atoms with Crippen molar-refractivity contribution in [2.75, 3.05) is 11.9 Å². The van der Waals surface area contributed by atoms with Crippen LogP contribution in [0.5, 0.6) is 0 Å². The van der Waals surface area contributed by atoms with Gasteiger partial charge in [-0.2, -0.15) is 0 Å². The van der Waals surface area contributed by atoms with E-state index in [-0.39, 0.29) is 5.41 Å². The first-order valence-corrected chi connectivity index (χ1v) is 7.98. The van der Waals surface area contributed by atoms with Crippen molar-refractivity contribution >= 4 is 17.4 Å². The number of halogens is 1. The number of hydrogen-bond donors (Lipinski definition) is 0. The molecule has 0 fully saturated rings. The summed E-state index contributed by atoms with van der Waals surface area (Å²) in [6.07, 6.45) is 1.16. The van der Waals surface area contributed by atoms with Crippen LogP contribution in [0, 0.1) is 5.92 Å². The SMILES string of the molecule is CC(C)CC(C)N(C)c1cc(CCl)cc(C(C)(C)C)n1. The quantitative estimate of drug-likeness (QED) is 0.712. The summed E-state index contributed by atoms with van der Waals surface area (Å²) in [6, 6.07) is 4.71. The highest BCUT2D eigenvalue weighted by atomic mass is 35.5. The van der Waals surface area contributed by atoms with Gasteiger partial charge in [-0.25, -0.2) is 4.98 Å². The monoisotopic (exact) mass is 296 g/mol. The van der Waals surface area contributed by atoms with Crippen LogP contribution in [0.1, 0.15) is 59.2 Å². The summed E-state index contributed by atoms with van der Waals surface area (Å²) in [5.41, 5.74) is 2.29. The molecule has 1 aromatic heterocycles. The van der Waals surface area contributed by atoms with E-state index in [2.05, 4.69) is 65.6 Å². The van der Waals surface area contributed by atoms with Gasteiger partial charge in [0.1, 0.15) is 5.82 Å². The molecule has 1 aromatic rings. The van der Waals surface area contributed by atoms with Crippen molar-refractivity contribution in [2.24, 2.45) is 5.92 Å². The molecule has 0 N–H and O–H groups in total. The van der Waals surface area contributed by atoms with Crippen LogP contribution in [0.15, 0.2) is 12.1 Å². The van der Waals surface area contributed by atoms with Gasteiger partial charge in [0.2, 0.25) is 0 Å². The Hall–Kier alpha value is -0.760. The Bertz CT molecular complexity index is 435. The Morgan fingerprint density at radius 1 is 1.20 bits per heavy atom. The van der Waals surface area contributed by atoms with Crippen LogP contribution in [0.2, 0.25) is 0 Å². The zero-order chi connectivity index (χ0) is 15.5. The van der Waals surface area contributed by atoms with Crippen LogP contribution >= 0.6 is 11.6 Å². The second-order valence-corrected chi connectivity index (χ2v) is 7.46. The van der Waals surface area contributed by atoms with Crippen molar-refractivity contribution in [3.63, 3.8) is 0 Å². The van der Waals surface area contributed by atoms with Gasteiger partial charge < -0.3 is 4.90 Å². The number of anilines is 1. The van der Waals surface area contributed by atoms with Gasteiger partial charge in [0.25, 0.3) is 0 Å². The fourth-order valence-corrected chi connectivity index (χ4v) is 2.43. The second-order valence-electron chi connectivity index (χ2n) is 7.19. The number of pyridine rings is 1. The molecule has 1 heterocycles. The van der Waals surface area contributed by atoms with E-state index in [1.807, 2.05) is 0 Å². The summed E-state index contributed by atoms with van der Waals surface area (Å²) >= 11 is 6.04. The van der Waals surface area contributed by atoms with E-state index in [1.54, 1.807) is 0 Å². The van der Waals surface area contributed by atoms with Gasteiger partial charge in [0.05, 0.1) is 0 Å². The maximum absolute atomic E-state index is 6.04. The zero-order valence-corrected chi connectivity index (χ0v) is 14.8. The molecule has 0 saturated carbocycles. The minimum atomic E-state index is 0.0406. The topological polar surface area (TPSA) is 16.1 Å². The molecule has 0 amide bonds. The maximum atomic E-state index is 6.04. The fourth-order valence-electron chi connectivity index (χ4n) is 2.28. The van der Waals surface area contributed by atoms with E-state index in [0.29, 0.717) is 17.8 Å². The lowest BCUT2D eigenvalue weighted by Crippen LogP contribution is -2.31. The van der Waals surface area contributed by atoms with Crippen LogP contribution in [0.4, 0.5) is 5.82 Å². The number of nitrogens with zero attached hydrogens (tertiary/aromatic N) is 2. The molecule has 114 valence electrons. The van der Waals surface area contributed by atoms with Gasteiger partial charge in [-0.05, 0) is 37.0 Å². The molecule has 3 heteroatoms. The van der Waals surface area contributed by atoms with Crippen molar-refractivity contribution in [1.29, 1.82) is 0 Å². The predicted molar refractivity (Wildman–Crippen MR) is 89.8 cm³/mol. The highest BCUT2D eigenvalue weighted by Crippen LogP contribution is 2.26. The standard InChI is InChI=1S/C17H29ClN2/c1-12(2)8-13(3)20(7)16-10-14(11-18)9-15(19-16)17(4,5)6/h9-10,12-13H,8,11H2,1-7H3. The summed E-state index contributed by atoms with van der Waals surface area (Å²) < 4.78 is 0. The third-order valence-electron chi connectivity index (χ3n) is 3.63. The molecule has 0 spiro atoms. The van der Waals surface area contributed by atoms with Gasteiger partial charge in [-0.3, -0.25) is 0 Å². The average molecular weight is 297 g/mol. The summed E-state index contributed by atoms with van der Waals surface area (Å²) in [6.45, 7) is 13.3. The Morgan fingerprint density at radius 2 is 1.80 bits per heavy atom. The number of aromatic nitrogens is 1. The Kier molecular flexibility index (Phi) is 5.88. The van der Waals surface area contributed by atoms with Crippen LogP contribution < -0.4 is 4.90 Å². The van der Waals surface area contributed by atoms with Gasteiger partial charge in [-0.1, -0.05) is 34.6 Å². The van der Waals surface area contributed by atoms with Gasteiger partial charge in [0.15, 0.2) is 0 Å². The molecule has 0 aliphatic carbocycles. The molecule has 0 bridgehead atoms. The van der Waals surface area contributed by atoms with E-state index >= 15 is 0 Å². The molecule has 1 atom stereocenters. The van der Waals surface area contributed by atoms with E-state index in [0.717, 1.165) is 23.5 Å². The zero-order valence-electron chi connectivity index (χ0n) is 14.0. The summed E-state index contributed by atoms with van der Waals surface area (Å²) in [7, 11) is 2.12. The molecule has 1 unspecified atom stereocenters. The molecule has 0 aliphatic rings. The summed E-state index contributed by atoms with van der Waals surface area (Å²) in [5.74, 6) is 2.25. The van der Waals surface area contributed by atoms with Crippen molar-refractivity contribution in [2.45, 2.75) is 65.3 Å². The minimum absolute atomic E-state index is 0.0406. The third-order valence-corrected chi connectivity index (χ3v) is 3.94. The smallest absolute Gasteiger partial charge is 0.129 e. The molecule has 1 rings (SSSR count). The Balaban J connectivity index is 3.10. The number of alkyl halides is 1. The van der Waals surface area contributed by atoms with Crippen LogP contribution in [-0.2, 0) is 11.3 Å². The normalized spacial score (nSPS) is 13.7. The molecule has 0 saturated heterocycles. The molecule has 20 heavy (non-hydrogen) atoms. The Labute approximate surface area is 129 Å². The van der Waals surface area contributed by atoms with Crippen molar-refractivity contribution < 1.29 is 0 Å². The lowest BCUT2D eigenvalue weighted by atomic mass is 9.91. The largest absolute Gasteiger partial charge is 0.357 e. The molecule has 2 nitrogen and oxygen atoms in total. The lowest BCUT2D eigenvalue weighted by Gasteiger charge is -2.29. The highest BCUT2D eigenvalue weighted by Gasteiger charge is 2.20. The van der Waals surface area contributed by atoms with Gasteiger partial charge in [0, 0.05) is 30.1 Å². The first kappa shape index (κ1) is 17.3. The van der Waals surface area contributed by atoms with E-state index in [4.69, 9.17) is 16.6 Å². The molecule has 0 aromatic carbocycles. The van der Waals surface area contributed by atoms with Gasteiger partial charge in [-0.15, -0.1) is 11.6 Å². The van der Waals surface area contributed by atoms with Crippen molar-refractivity contribution in [1.82, 2.24) is 4.98 Å². The maximum Gasteiger partial charge on any atom is 0.129 e. The molecule has 0 radical (unpaired) electrons. The molecule has 0 aliphatic heterocycles. The van der Waals surface area contributed by atoms with E-state index < -0.39 is 0 Å². The lowest BCUT2D eigenvalue weighted by molar-refractivity contribution is 0.499. The average Bonchev–Trinajstić information content (AvgIpc) is 2.35. The Morgan fingerprint density at radius 3 is 2.25 bits per heavy atom. The first-order chi connectivity index (χ1) is 9.15. The highest BCUT2D eigenvalue weighted by molar-refractivity contribution is 6.17. The van der Waals surface area contributed by atoms with E-state index in [1.165, 1.54) is 0 Å². The predicted octanol–water partition coefficient (Wildman–Crippen LogP) is 4.99.